The van der Waals surface area contributed by atoms with Gasteiger partial charge in [0.25, 0.3) is 0 Å². The van der Waals surface area contributed by atoms with E-state index in [9.17, 15) is 0 Å². The van der Waals surface area contributed by atoms with Gasteiger partial charge in [0, 0.05) is 46.0 Å². The number of rotatable bonds is 5. The lowest BCUT2D eigenvalue weighted by atomic mass is 10.0. The minimum absolute atomic E-state index is 1.14. The van der Waals surface area contributed by atoms with Crippen molar-refractivity contribution in [2.75, 3.05) is 16.8 Å². The van der Waals surface area contributed by atoms with Crippen LogP contribution in [0, 0.1) is 0 Å². The number of anilines is 5. The molecule has 0 spiro atoms. The summed E-state index contributed by atoms with van der Waals surface area (Å²) >= 11 is 0. The smallest absolute Gasteiger partial charge is 0.0540 e. The molecule has 0 aliphatic rings. The van der Waals surface area contributed by atoms with Crippen LogP contribution in [0.4, 0.5) is 28.4 Å². The normalized spacial score (nSPS) is 11.0. The first-order chi connectivity index (χ1) is 17.3. The molecule has 2 heteroatoms. The molecule has 0 saturated carbocycles. The molecule has 0 radical (unpaired) electrons. The van der Waals surface area contributed by atoms with Crippen LogP contribution in [-0.4, -0.2) is 7.05 Å². The Morgan fingerprint density at radius 2 is 0.800 bits per heavy atom. The molecular weight excluding hydrogens is 424 g/mol. The molecule has 0 saturated heterocycles. The molecule has 0 aromatic heterocycles. The monoisotopic (exact) mass is 450 g/mol. The zero-order valence-electron chi connectivity index (χ0n) is 19.7. The molecule has 0 amide bonds. The highest BCUT2D eigenvalue weighted by molar-refractivity contribution is 6.07. The van der Waals surface area contributed by atoms with Crippen molar-refractivity contribution >= 4 is 50.0 Å². The second-order valence-corrected chi connectivity index (χ2v) is 8.71. The zero-order chi connectivity index (χ0) is 23.6. The second-order valence-electron chi connectivity index (χ2n) is 8.71. The molecule has 0 atom stereocenters. The van der Waals surface area contributed by atoms with E-state index in [1.54, 1.807) is 0 Å². The van der Waals surface area contributed by atoms with Gasteiger partial charge in [-0.25, -0.2) is 0 Å². The third-order valence-electron chi connectivity index (χ3n) is 6.64. The molecule has 6 rings (SSSR count). The highest BCUT2D eigenvalue weighted by Gasteiger charge is 2.17. The summed E-state index contributed by atoms with van der Waals surface area (Å²) in [5.41, 5.74) is 5.82. The van der Waals surface area contributed by atoms with Crippen LogP contribution >= 0.6 is 0 Å². The fraction of sp³-hybridized carbons (Fsp3) is 0.0303. The molecule has 0 unspecified atom stereocenters. The Morgan fingerprint density at radius 3 is 1.46 bits per heavy atom. The molecule has 6 aromatic carbocycles. The molecule has 0 aliphatic carbocycles. The summed E-state index contributed by atoms with van der Waals surface area (Å²) in [6.07, 6.45) is 0. The summed E-state index contributed by atoms with van der Waals surface area (Å²) < 4.78 is 0. The molecule has 6 aromatic rings. The third-order valence-corrected chi connectivity index (χ3v) is 6.64. The van der Waals surface area contributed by atoms with Gasteiger partial charge in [-0.3, -0.25) is 0 Å². The average Bonchev–Trinajstić information content (AvgIpc) is 2.93. The number of benzene rings is 6. The van der Waals surface area contributed by atoms with Crippen LogP contribution < -0.4 is 9.80 Å². The Balaban J connectivity index is 1.55. The first-order valence-electron chi connectivity index (χ1n) is 11.9. The second kappa shape index (κ2) is 9.00. The lowest BCUT2D eigenvalue weighted by Gasteiger charge is -2.28. The van der Waals surface area contributed by atoms with Gasteiger partial charge in [0.15, 0.2) is 0 Å². The van der Waals surface area contributed by atoms with Gasteiger partial charge < -0.3 is 9.80 Å². The third kappa shape index (κ3) is 3.79. The largest absolute Gasteiger partial charge is 0.344 e. The van der Waals surface area contributed by atoms with E-state index < -0.39 is 0 Å². The maximum absolute atomic E-state index is 2.34. The topological polar surface area (TPSA) is 6.48 Å². The van der Waals surface area contributed by atoms with E-state index >= 15 is 0 Å². The fourth-order valence-corrected chi connectivity index (χ4v) is 4.98. The van der Waals surface area contributed by atoms with Crippen LogP contribution in [0.25, 0.3) is 21.5 Å². The van der Waals surface area contributed by atoms with Gasteiger partial charge in [-0.2, -0.15) is 0 Å². The van der Waals surface area contributed by atoms with Gasteiger partial charge in [0.05, 0.1) is 5.69 Å². The summed E-state index contributed by atoms with van der Waals surface area (Å²) in [4.78, 5) is 4.65. The predicted molar refractivity (Wildman–Crippen MR) is 151 cm³/mol. The number of hydrogen-bond acceptors (Lipinski definition) is 2. The Hall–Kier alpha value is -4.56. The van der Waals surface area contributed by atoms with E-state index in [2.05, 4.69) is 156 Å². The molecule has 0 heterocycles. The molecule has 0 N–H and O–H groups in total. The van der Waals surface area contributed by atoms with Gasteiger partial charge in [0.1, 0.15) is 0 Å². The first kappa shape index (κ1) is 21.0. The van der Waals surface area contributed by atoms with Crippen LogP contribution in [0.3, 0.4) is 0 Å². The number of fused-ring (bicyclic) bond motifs is 2. The lowest BCUT2D eigenvalue weighted by molar-refractivity contribution is 1.23. The van der Waals surface area contributed by atoms with Gasteiger partial charge in [-0.05, 0) is 47.9 Å². The van der Waals surface area contributed by atoms with E-state index in [4.69, 9.17) is 0 Å². The molecule has 168 valence electrons. The summed E-state index contributed by atoms with van der Waals surface area (Å²) in [5, 5.41) is 4.93. The van der Waals surface area contributed by atoms with Crippen LogP contribution in [0.1, 0.15) is 0 Å². The maximum atomic E-state index is 2.34. The van der Waals surface area contributed by atoms with Crippen LogP contribution in [0.2, 0.25) is 0 Å². The Labute approximate surface area is 206 Å². The Bertz CT molecular complexity index is 1560. The Kier molecular flexibility index (Phi) is 5.40. The van der Waals surface area contributed by atoms with Crippen molar-refractivity contribution in [2.45, 2.75) is 0 Å². The van der Waals surface area contributed by atoms with Gasteiger partial charge in [-0.1, -0.05) is 97.1 Å². The minimum atomic E-state index is 1.14. The van der Waals surface area contributed by atoms with E-state index in [0.717, 1.165) is 17.1 Å². The highest BCUT2D eigenvalue weighted by atomic mass is 15.1. The summed E-state index contributed by atoms with van der Waals surface area (Å²) in [6.45, 7) is 0. The van der Waals surface area contributed by atoms with Crippen LogP contribution in [-0.2, 0) is 0 Å². The standard InChI is InChI=1S/C33H26N2/c1-34(31-22-10-14-25-13-8-9-19-28(25)31)32-23-11-21-30-29(32)20-12-24-33(30)35(26-15-4-2-5-16-26)27-17-6-3-7-18-27/h2-24H,1H3. The van der Waals surface area contributed by atoms with Crippen LogP contribution in [0.15, 0.2) is 140 Å². The van der Waals surface area contributed by atoms with Crippen molar-refractivity contribution in [3.05, 3.63) is 140 Å². The van der Waals surface area contributed by atoms with Crippen molar-refractivity contribution in [2.24, 2.45) is 0 Å². The minimum Gasteiger partial charge on any atom is -0.344 e. The van der Waals surface area contributed by atoms with E-state index in [1.807, 2.05) is 0 Å². The predicted octanol–water partition coefficient (Wildman–Crippen LogP) is 9.23. The van der Waals surface area contributed by atoms with Crippen molar-refractivity contribution in [3.63, 3.8) is 0 Å². The van der Waals surface area contributed by atoms with Crippen molar-refractivity contribution < 1.29 is 0 Å². The van der Waals surface area contributed by atoms with Crippen molar-refractivity contribution in [3.8, 4) is 0 Å². The Morgan fingerprint density at radius 1 is 0.371 bits per heavy atom. The molecular formula is C33H26N2. The average molecular weight is 451 g/mol. The molecule has 0 fully saturated rings. The van der Waals surface area contributed by atoms with E-state index in [1.165, 1.54) is 32.9 Å². The maximum Gasteiger partial charge on any atom is 0.0540 e. The van der Waals surface area contributed by atoms with Gasteiger partial charge in [0.2, 0.25) is 0 Å². The SMILES string of the molecule is CN(c1cccc2ccccc12)c1cccc2c(N(c3ccccc3)c3ccccc3)cccc12. The quantitative estimate of drug-likeness (QED) is 0.258. The molecule has 2 nitrogen and oxygen atoms in total. The van der Waals surface area contributed by atoms with Crippen molar-refractivity contribution in [1.29, 1.82) is 0 Å². The number of para-hydroxylation sites is 2. The fourth-order valence-electron chi connectivity index (χ4n) is 4.98. The summed E-state index contributed by atoms with van der Waals surface area (Å²) in [5.74, 6) is 0. The molecule has 0 aliphatic heterocycles. The molecule has 0 bridgehead atoms. The van der Waals surface area contributed by atoms with Crippen molar-refractivity contribution in [1.82, 2.24) is 0 Å². The number of hydrogen-bond donors (Lipinski definition) is 0. The lowest BCUT2D eigenvalue weighted by Crippen LogP contribution is -2.12. The van der Waals surface area contributed by atoms with Gasteiger partial charge >= 0.3 is 0 Å². The molecule has 35 heavy (non-hydrogen) atoms. The van der Waals surface area contributed by atoms with Gasteiger partial charge in [-0.15, -0.1) is 0 Å². The summed E-state index contributed by atoms with van der Waals surface area (Å²) in [7, 11) is 2.16. The zero-order valence-corrected chi connectivity index (χ0v) is 19.7. The summed E-state index contributed by atoms with van der Waals surface area (Å²) in [6, 6.07) is 49.4. The van der Waals surface area contributed by atoms with E-state index in [0.29, 0.717) is 0 Å². The first-order valence-corrected chi connectivity index (χ1v) is 11.9. The van der Waals surface area contributed by atoms with Crippen LogP contribution in [0.5, 0.6) is 0 Å². The number of nitrogens with zero attached hydrogens (tertiary/aromatic N) is 2. The highest BCUT2D eigenvalue weighted by Crippen LogP contribution is 2.42. The van der Waals surface area contributed by atoms with E-state index in [-0.39, 0.29) is 0 Å².